The molecule has 5 heteroatoms. The maximum atomic E-state index is 10.0. The van der Waals surface area contributed by atoms with Crippen LogP contribution >= 0.6 is 0 Å². The van der Waals surface area contributed by atoms with Gasteiger partial charge in [-0.1, -0.05) is 0 Å². The van der Waals surface area contributed by atoms with Crippen molar-refractivity contribution < 1.29 is 19.2 Å². The fourth-order valence-corrected chi connectivity index (χ4v) is 0.362. The summed E-state index contributed by atoms with van der Waals surface area (Å²) in [5.41, 5.74) is 0. The van der Waals surface area contributed by atoms with Crippen molar-refractivity contribution in [3.05, 3.63) is 0 Å². The molecule has 0 amide bonds. The van der Waals surface area contributed by atoms with Gasteiger partial charge >= 0.3 is 16.6 Å². The number of carbonyl (C=O) groups excluding carboxylic acids is 1. The molecule has 0 heterocycles. The highest BCUT2D eigenvalue weighted by Gasteiger charge is 2.03. The minimum absolute atomic E-state index is 0. The van der Waals surface area contributed by atoms with Gasteiger partial charge in [-0.3, -0.25) is 4.79 Å². The Morgan fingerprint density at radius 1 is 1.88 bits per heavy atom. The molecule has 0 bridgehead atoms. The Labute approximate surface area is 55.5 Å². The van der Waals surface area contributed by atoms with Crippen LogP contribution in [0.3, 0.4) is 0 Å². The second-order valence-corrected chi connectivity index (χ2v) is 1.43. The van der Waals surface area contributed by atoms with Crippen LogP contribution in [0.1, 0.15) is 6.92 Å². The summed E-state index contributed by atoms with van der Waals surface area (Å²) in [5, 5.41) is 8.35. The molecule has 0 aromatic heterocycles. The molecular weight excluding hydrogens is 127 g/mol. The van der Waals surface area contributed by atoms with E-state index in [4.69, 9.17) is 5.11 Å². The summed E-state index contributed by atoms with van der Waals surface area (Å²) in [6.07, 6.45) is -0.988. The minimum Gasteiger partial charge on any atom is -0.623 e. The molecule has 0 aliphatic carbocycles. The van der Waals surface area contributed by atoms with Crippen LogP contribution < -0.4 is 0 Å². The third-order valence-corrected chi connectivity index (χ3v) is 0.768. The molecule has 0 aliphatic heterocycles. The van der Waals surface area contributed by atoms with E-state index in [9.17, 15) is 4.79 Å². The third kappa shape index (κ3) is 4.09. The molecule has 8 heavy (non-hydrogen) atoms. The standard InChI is InChI=1S/C3H6O3.Al.H2O.H/c1-2(4)3(5)6;;;/h2,4H,1H3,(H,5,6);;1H2;/q;+1;;/p-1. The Balaban J connectivity index is 0. The van der Waals surface area contributed by atoms with E-state index in [1.165, 1.54) is 6.92 Å². The average molecular weight is 135 g/mol. The van der Waals surface area contributed by atoms with Gasteiger partial charge in [-0.05, 0) is 6.92 Å². The van der Waals surface area contributed by atoms with E-state index in [-0.39, 0.29) is 5.48 Å². The number of carbonyl (C=O) groups is 1. The minimum atomic E-state index is -0.988. The van der Waals surface area contributed by atoms with Crippen molar-refractivity contribution >= 4 is 22.6 Å². The lowest BCUT2D eigenvalue weighted by Gasteiger charge is -2.00. The highest BCUT2D eigenvalue weighted by atomic mass is 27.1. The fraction of sp³-hybridized carbons (Fsp3) is 0.667. The fourth-order valence-electron chi connectivity index (χ4n) is 0.121. The summed E-state index contributed by atoms with van der Waals surface area (Å²) in [5.74, 6) is -0.585. The summed E-state index contributed by atoms with van der Waals surface area (Å²) >= 11 is 1.06. The maximum absolute atomic E-state index is 10.0. The smallest absolute Gasteiger partial charge is 0.496 e. The number of aliphatic hydroxyl groups is 1. The summed E-state index contributed by atoms with van der Waals surface area (Å²) in [6, 6.07) is 0. The lowest BCUT2D eigenvalue weighted by Crippen LogP contribution is -2.17. The molecule has 1 atom stereocenters. The number of hydrogen-bond donors (Lipinski definition) is 1. The SMILES string of the molecule is CC(O)C(=O)[O][AlH].O. The molecule has 1 unspecified atom stereocenters. The van der Waals surface area contributed by atoms with E-state index in [1.807, 2.05) is 0 Å². The Morgan fingerprint density at radius 3 is 2.25 bits per heavy atom. The second kappa shape index (κ2) is 5.07. The maximum Gasteiger partial charge on any atom is 0.496 e. The van der Waals surface area contributed by atoms with Crippen LogP contribution in [-0.2, 0) is 8.58 Å². The van der Waals surface area contributed by atoms with Gasteiger partial charge in [0.15, 0.2) is 0 Å². The van der Waals surface area contributed by atoms with Gasteiger partial charge in [0.05, 0.1) is 0 Å². The van der Waals surface area contributed by atoms with E-state index < -0.39 is 12.1 Å². The molecule has 0 saturated heterocycles. The van der Waals surface area contributed by atoms with Gasteiger partial charge in [0.2, 0.25) is 0 Å². The van der Waals surface area contributed by atoms with Gasteiger partial charge in [-0.25, -0.2) is 0 Å². The van der Waals surface area contributed by atoms with Crippen molar-refractivity contribution in [1.29, 1.82) is 0 Å². The van der Waals surface area contributed by atoms with E-state index >= 15 is 0 Å². The predicted octanol–water partition coefficient (Wildman–Crippen LogP) is -2.10. The first-order valence-corrected chi connectivity index (χ1v) is 2.40. The molecule has 4 nitrogen and oxygen atoms in total. The van der Waals surface area contributed by atoms with Gasteiger partial charge in [-0.15, -0.1) is 0 Å². The van der Waals surface area contributed by atoms with Crippen molar-refractivity contribution in [2.45, 2.75) is 13.0 Å². The zero-order valence-corrected chi connectivity index (χ0v) is 5.96. The van der Waals surface area contributed by atoms with Crippen molar-refractivity contribution in [3.8, 4) is 0 Å². The Bertz CT molecular complexity index is 71.7. The van der Waals surface area contributed by atoms with Gasteiger partial charge < -0.3 is 14.4 Å². The lowest BCUT2D eigenvalue weighted by atomic mass is 10.4. The normalized spacial score (nSPS) is 11.2. The van der Waals surface area contributed by atoms with E-state index in [2.05, 4.69) is 3.79 Å². The first kappa shape index (κ1) is 10.8. The number of hydrogen-bond acceptors (Lipinski definition) is 3. The molecule has 0 aromatic carbocycles. The molecular formula is C3H8AlO4. The molecule has 0 aliphatic rings. The second-order valence-electron chi connectivity index (χ2n) is 1.14. The molecule has 0 saturated carbocycles. The van der Waals surface area contributed by atoms with Crippen LogP contribution in [0.4, 0.5) is 0 Å². The molecule has 0 aromatic rings. The van der Waals surface area contributed by atoms with Crippen LogP contribution in [0.25, 0.3) is 0 Å². The molecule has 0 fully saturated rings. The molecule has 0 spiro atoms. The summed E-state index contributed by atoms with van der Waals surface area (Å²) in [4.78, 5) is 10.0. The Morgan fingerprint density at radius 2 is 2.25 bits per heavy atom. The van der Waals surface area contributed by atoms with Crippen LogP contribution in [0.2, 0.25) is 0 Å². The Kier molecular flexibility index (Phi) is 6.86. The largest absolute Gasteiger partial charge is 0.623 e. The van der Waals surface area contributed by atoms with Crippen molar-refractivity contribution in [1.82, 2.24) is 0 Å². The number of aliphatic hydroxyl groups excluding tert-OH is 1. The zero-order valence-electron chi connectivity index (χ0n) is 4.55. The van der Waals surface area contributed by atoms with Gasteiger partial charge in [0.1, 0.15) is 6.10 Å². The van der Waals surface area contributed by atoms with Gasteiger partial charge in [0.25, 0.3) is 5.97 Å². The van der Waals surface area contributed by atoms with Crippen LogP contribution in [0.15, 0.2) is 0 Å². The van der Waals surface area contributed by atoms with E-state index in [0.29, 0.717) is 0 Å². The van der Waals surface area contributed by atoms with Crippen molar-refractivity contribution in [2.24, 2.45) is 0 Å². The van der Waals surface area contributed by atoms with E-state index in [0.717, 1.165) is 16.6 Å². The monoisotopic (exact) mass is 135 g/mol. The van der Waals surface area contributed by atoms with Gasteiger partial charge in [0, 0.05) is 0 Å². The summed E-state index contributed by atoms with van der Waals surface area (Å²) < 4.78 is 4.15. The van der Waals surface area contributed by atoms with Crippen LogP contribution in [0, 0.1) is 0 Å². The third-order valence-electron chi connectivity index (χ3n) is 0.483. The Hall–Kier alpha value is -0.0775. The lowest BCUT2D eigenvalue weighted by molar-refractivity contribution is -0.142. The van der Waals surface area contributed by atoms with Gasteiger partial charge in [-0.2, -0.15) is 0 Å². The topological polar surface area (TPSA) is 78.0 Å². The summed E-state index contributed by atoms with van der Waals surface area (Å²) in [7, 11) is 0. The molecule has 1 radical (unpaired) electrons. The summed E-state index contributed by atoms with van der Waals surface area (Å²) in [6.45, 7) is 1.36. The molecule has 0 rings (SSSR count). The predicted molar refractivity (Wildman–Crippen MR) is 28.5 cm³/mol. The first-order chi connectivity index (χ1) is 3.18. The highest BCUT2D eigenvalue weighted by Crippen LogP contribution is 1.80. The van der Waals surface area contributed by atoms with Crippen molar-refractivity contribution in [3.63, 3.8) is 0 Å². The van der Waals surface area contributed by atoms with Crippen LogP contribution in [-0.4, -0.2) is 39.3 Å². The first-order valence-electron chi connectivity index (χ1n) is 1.82. The van der Waals surface area contributed by atoms with E-state index in [1.54, 1.807) is 0 Å². The molecule has 47 valence electrons. The number of rotatable bonds is 1. The zero-order chi connectivity index (χ0) is 5.86. The van der Waals surface area contributed by atoms with Crippen molar-refractivity contribution in [2.75, 3.05) is 0 Å². The molecule has 3 N–H and O–H groups in total. The quantitative estimate of drug-likeness (QED) is 0.418. The van der Waals surface area contributed by atoms with Crippen LogP contribution in [0.5, 0.6) is 0 Å². The highest BCUT2D eigenvalue weighted by molar-refractivity contribution is 6.06. The average Bonchev–Trinajstić information content (AvgIpc) is 1.65.